The highest BCUT2D eigenvalue weighted by atomic mass is 16.1. The number of nitrogens with one attached hydrogen (secondary N) is 1. The zero-order valence-corrected chi connectivity index (χ0v) is 11.4. The molecule has 3 N–H and O–H groups in total. The van der Waals surface area contributed by atoms with Gasteiger partial charge in [0.2, 0.25) is 0 Å². The van der Waals surface area contributed by atoms with Crippen LogP contribution in [0.15, 0.2) is 24.3 Å². The molecule has 0 saturated carbocycles. The van der Waals surface area contributed by atoms with Crippen molar-refractivity contribution in [3.8, 4) is 0 Å². The van der Waals surface area contributed by atoms with Crippen LogP contribution in [-0.2, 0) is 0 Å². The first-order valence-corrected chi connectivity index (χ1v) is 6.39. The van der Waals surface area contributed by atoms with E-state index in [0.29, 0.717) is 23.8 Å². The number of anilines is 1. The Labute approximate surface area is 109 Å². The average Bonchev–Trinajstić information content (AvgIpc) is 2.37. The molecule has 0 aromatic heterocycles. The molecule has 4 nitrogen and oxygen atoms in total. The number of carbonyl (C=O) groups excluding carboxylic acids is 1. The Balaban J connectivity index is 2.41. The second-order valence-electron chi connectivity index (χ2n) is 4.58. The number of para-hydroxylation sites is 1. The number of nitrogens with zero attached hydrogens (tertiary/aromatic N) is 1. The van der Waals surface area contributed by atoms with E-state index in [1.165, 1.54) is 0 Å². The number of hydrogen-bond donors (Lipinski definition) is 2. The van der Waals surface area contributed by atoms with Gasteiger partial charge in [-0.1, -0.05) is 19.1 Å². The van der Waals surface area contributed by atoms with Gasteiger partial charge in [-0.3, -0.25) is 4.79 Å². The Morgan fingerprint density at radius 2 is 2.11 bits per heavy atom. The van der Waals surface area contributed by atoms with Crippen LogP contribution in [-0.4, -0.2) is 37.0 Å². The molecular weight excluding hydrogens is 226 g/mol. The molecule has 1 aromatic carbocycles. The number of hydrogen-bond acceptors (Lipinski definition) is 3. The van der Waals surface area contributed by atoms with Gasteiger partial charge in [-0.25, -0.2) is 0 Å². The highest BCUT2D eigenvalue weighted by molar-refractivity contribution is 5.99. The lowest BCUT2D eigenvalue weighted by atomic mass is 10.1. The summed E-state index contributed by atoms with van der Waals surface area (Å²) >= 11 is 0. The quantitative estimate of drug-likeness (QED) is 0.755. The van der Waals surface area contributed by atoms with E-state index < -0.39 is 0 Å². The van der Waals surface area contributed by atoms with Gasteiger partial charge in [0.05, 0.1) is 5.56 Å². The van der Waals surface area contributed by atoms with Gasteiger partial charge in [0.25, 0.3) is 5.91 Å². The molecule has 1 unspecified atom stereocenters. The summed E-state index contributed by atoms with van der Waals surface area (Å²) in [5.74, 6) is -0.106. The number of nitrogens with two attached hydrogens (primary N) is 1. The molecule has 1 rings (SSSR count). The monoisotopic (exact) mass is 249 g/mol. The molecule has 18 heavy (non-hydrogen) atoms. The Morgan fingerprint density at radius 1 is 1.44 bits per heavy atom. The van der Waals surface area contributed by atoms with Gasteiger partial charge in [-0.2, -0.15) is 0 Å². The molecular formula is C14H23N3O. The van der Waals surface area contributed by atoms with Crippen LogP contribution < -0.4 is 11.1 Å². The third-order valence-corrected chi connectivity index (χ3v) is 3.30. The van der Waals surface area contributed by atoms with Crippen molar-refractivity contribution in [2.45, 2.75) is 26.3 Å². The second kappa shape index (κ2) is 7.01. The van der Waals surface area contributed by atoms with E-state index >= 15 is 0 Å². The van der Waals surface area contributed by atoms with Gasteiger partial charge in [-0.05, 0) is 32.5 Å². The van der Waals surface area contributed by atoms with Gasteiger partial charge in [0.15, 0.2) is 0 Å². The maximum absolute atomic E-state index is 11.9. The summed E-state index contributed by atoms with van der Waals surface area (Å²) in [7, 11) is 2.07. The van der Waals surface area contributed by atoms with Gasteiger partial charge in [-0.15, -0.1) is 0 Å². The zero-order chi connectivity index (χ0) is 13.5. The summed E-state index contributed by atoms with van der Waals surface area (Å²) in [4.78, 5) is 14.1. The van der Waals surface area contributed by atoms with Crippen LogP contribution in [0.25, 0.3) is 0 Å². The standard InChI is InChI=1S/C14H23N3O/c1-4-11(2)17(3)10-9-16-14(18)12-7-5-6-8-13(12)15/h5-8,11H,4,9-10,15H2,1-3H3,(H,16,18). The lowest BCUT2D eigenvalue weighted by Gasteiger charge is -2.23. The predicted molar refractivity (Wildman–Crippen MR) is 75.6 cm³/mol. The normalized spacial score (nSPS) is 12.4. The number of carbonyl (C=O) groups is 1. The molecule has 0 heterocycles. The Bertz CT molecular complexity index is 392. The first kappa shape index (κ1) is 14.5. The van der Waals surface area contributed by atoms with Crippen molar-refractivity contribution in [2.75, 3.05) is 25.9 Å². The first-order chi connectivity index (χ1) is 8.56. The van der Waals surface area contributed by atoms with E-state index in [1.54, 1.807) is 12.1 Å². The topological polar surface area (TPSA) is 58.4 Å². The Hall–Kier alpha value is -1.55. The molecule has 0 fully saturated rings. The number of likely N-dealkylation sites (N-methyl/N-ethyl adjacent to an activating group) is 1. The largest absolute Gasteiger partial charge is 0.398 e. The molecule has 1 atom stereocenters. The molecule has 0 saturated heterocycles. The minimum Gasteiger partial charge on any atom is -0.398 e. The number of amides is 1. The van der Waals surface area contributed by atoms with Crippen LogP contribution >= 0.6 is 0 Å². The minimum absolute atomic E-state index is 0.106. The van der Waals surface area contributed by atoms with E-state index in [2.05, 4.69) is 31.1 Å². The van der Waals surface area contributed by atoms with Crippen molar-refractivity contribution in [1.82, 2.24) is 10.2 Å². The minimum atomic E-state index is -0.106. The third-order valence-electron chi connectivity index (χ3n) is 3.30. The highest BCUT2D eigenvalue weighted by Gasteiger charge is 2.10. The van der Waals surface area contributed by atoms with Gasteiger partial charge >= 0.3 is 0 Å². The highest BCUT2D eigenvalue weighted by Crippen LogP contribution is 2.09. The fourth-order valence-corrected chi connectivity index (χ4v) is 1.68. The van der Waals surface area contributed by atoms with Crippen molar-refractivity contribution in [2.24, 2.45) is 0 Å². The molecule has 100 valence electrons. The number of rotatable bonds is 6. The molecule has 0 spiro atoms. The number of nitrogen functional groups attached to an aromatic ring is 1. The van der Waals surface area contributed by atoms with E-state index in [4.69, 9.17) is 5.73 Å². The summed E-state index contributed by atoms with van der Waals surface area (Å²) in [6, 6.07) is 7.64. The average molecular weight is 249 g/mol. The van der Waals surface area contributed by atoms with E-state index in [0.717, 1.165) is 13.0 Å². The summed E-state index contributed by atoms with van der Waals surface area (Å²) < 4.78 is 0. The molecule has 1 amide bonds. The second-order valence-corrected chi connectivity index (χ2v) is 4.58. The van der Waals surface area contributed by atoms with Gasteiger partial charge in [0, 0.05) is 24.8 Å². The third kappa shape index (κ3) is 4.04. The molecule has 0 aliphatic carbocycles. The molecule has 0 aliphatic heterocycles. The predicted octanol–water partition coefficient (Wildman–Crippen LogP) is 1.73. The summed E-state index contributed by atoms with van der Waals surface area (Å²) in [5.41, 5.74) is 6.82. The summed E-state index contributed by atoms with van der Waals surface area (Å²) in [6.07, 6.45) is 1.11. The first-order valence-electron chi connectivity index (χ1n) is 6.39. The molecule has 0 bridgehead atoms. The maximum Gasteiger partial charge on any atom is 0.253 e. The number of benzene rings is 1. The lowest BCUT2D eigenvalue weighted by molar-refractivity contribution is 0.0948. The van der Waals surface area contributed by atoms with Crippen LogP contribution in [0.5, 0.6) is 0 Å². The fourth-order valence-electron chi connectivity index (χ4n) is 1.68. The van der Waals surface area contributed by atoms with Crippen LogP contribution in [0, 0.1) is 0 Å². The van der Waals surface area contributed by atoms with Crippen molar-refractivity contribution in [1.29, 1.82) is 0 Å². The van der Waals surface area contributed by atoms with Crippen LogP contribution in [0.3, 0.4) is 0 Å². The smallest absolute Gasteiger partial charge is 0.253 e. The maximum atomic E-state index is 11.9. The Morgan fingerprint density at radius 3 is 2.72 bits per heavy atom. The van der Waals surface area contributed by atoms with Crippen molar-refractivity contribution >= 4 is 11.6 Å². The molecule has 0 aliphatic rings. The van der Waals surface area contributed by atoms with Gasteiger partial charge < -0.3 is 16.0 Å². The van der Waals surface area contributed by atoms with Crippen molar-refractivity contribution in [3.63, 3.8) is 0 Å². The molecule has 1 aromatic rings. The van der Waals surface area contributed by atoms with Crippen LogP contribution in [0.1, 0.15) is 30.6 Å². The summed E-state index contributed by atoms with van der Waals surface area (Å²) in [5, 5.41) is 2.89. The fraction of sp³-hybridized carbons (Fsp3) is 0.500. The molecule has 0 radical (unpaired) electrons. The van der Waals surface area contributed by atoms with Crippen LogP contribution in [0.2, 0.25) is 0 Å². The van der Waals surface area contributed by atoms with Crippen molar-refractivity contribution < 1.29 is 4.79 Å². The SMILES string of the molecule is CCC(C)N(C)CCNC(=O)c1ccccc1N. The van der Waals surface area contributed by atoms with Crippen molar-refractivity contribution in [3.05, 3.63) is 29.8 Å². The summed E-state index contributed by atoms with van der Waals surface area (Å²) in [6.45, 7) is 5.81. The zero-order valence-electron chi connectivity index (χ0n) is 11.4. The molecule has 4 heteroatoms. The van der Waals surface area contributed by atoms with E-state index in [-0.39, 0.29) is 5.91 Å². The van der Waals surface area contributed by atoms with E-state index in [1.807, 2.05) is 12.1 Å². The lowest BCUT2D eigenvalue weighted by Crippen LogP contribution is -2.37. The van der Waals surface area contributed by atoms with Gasteiger partial charge in [0.1, 0.15) is 0 Å². The Kier molecular flexibility index (Phi) is 5.65. The van der Waals surface area contributed by atoms with E-state index in [9.17, 15) is 4.79 Å². The van der Waals surface area contributed by atoms with Crippen LogP contribution in [0.4, 0.5) is 5.69 Å².